The van der Waals surface area contributed by atoms with Crippen LogP contribution in [0.5, 0.6) is 0 Å². The van der Waals surface area contributed by atoms with Crippen molar-refractivity contribution in [2.75, 3.05) is 13.2 Å². The van der Waals surface area contributed by atoms with Crippen molar-refractivity contribution in [3.8, 4) is 0 Å². The Balaban J connectivity index is 1.94. The number of rotatable bonds is 0. The molecule has 15 heavy (non-hydrogen) atoms. The second-order valence-corrected chi connectivity index (χ2v) is 6.66. The van der Waals surface area contributed by atoms with Crippen LogP contribution in [0.4, 0.5) is 0 Å². The molecule has 0 bridgehead atoms. The van der Waals surface area contributed by atoms with Gasteiger partial charge in [0.1, 0.15) is 0 Å². The van der Waals surface area contributed by atoms with Crippen LogP contribution in [-0.2, 0) is 11.2 Å². The quantitative estimate of drug-likeness (QED) is 0.719. The van der Waals surface area contributed by atoms with E-state index in [1.165, 1.54) is 34.2 Å². The molecule has 1 saturated heterocycles. The van der Waals surface area contributed by atoms with Crippen molar-refractivity contribution in [3.63, 3.8) is 0 Å². The molecule has 0 atom stereocenters. The lowest BCUT2D eigenvalue weighted by atomic mass is 9.92. The highest BCUT2D eigenvalue weighted by molar-refractivity contribution is 9.10. The Morgan fingerprint density at radius 1 is 1.27 bits per heavy atom. The third-order valence-corrected chi connectivity index (χ3v) is 5.64. The summed E-state index contributed by atoms with van der Waals surface area (Å²) in [7, 11) is 0. The fourth-order valence-electron chi connectivity index (χ4n) is 2.42. The predicted molar refractivity (Wildman–Crippen MR) is 66.5 cm³/mol. The Morgan fingerprint density at radius 2 is 2.07 bits per heavy atom. The number of ether oxygens (including phenoxy) is 1. The minimum Gasteiger partial charge on any atom is -0.381 e. The number of thioether (sulfide) groups is 1. The number of benzene rings is 1. The van der Waals surface area contributed by atoms with Crippen LogP contribution in [0, 0.1) is 0 Å². The van der Waals surface area contributed by atoms with Gasteiger partial charge in [-0.05, 0) is 37.0 Å². The van der Waals surface area contributed by atoms with Crippen molar-refractivity contribution < 1.29 is 4.74 Å². The molecule has 80 valence electrons. The van der Waals surface area contributed by atoms with Gasteiger partial charge in [0.25, 0.3) is 0 Å². The summed E-state index contributed by atoms with van der Waals surface area (Å²) < 4.78 is 7.17. The summed E-state index contributed by atoms with van der Waals surface area (Å²) in [6.07, 6.45) is 3.59. The van der Waals surface area contributed by atoms with E-state index >= 15 is 0 Å². The summed E-state index contributed by atoms with van der Waals surface area (Å²) in [6, 6.07) is 6.53. The molecule has 2 heterocycles. The zero-order valence-electron chi connectivity index (χ0n) is 8.46. The lowest BCUT2D eigenvalue weighted by Crippen LogP contribution is -2.32. The number of fused-ring (bicyclic) bond motifs is 1. The molecule has 0 radical (unpaired) electrons. The number of halogens is 1. The molecular formula is C12H13BrOS. The monoisotopic (exact) mass is 284 g/mol. The molecule has 1 aromatic rings. The molecule has 1 spiro atoms. The van der Waals surface area contributed by atoms with Crippen LogP contribution < -0.4 is 0 Å². The van der Waals surface area contributed by atoms with E-state index in [9.17, 15) is 0 Å². The van der Waals surface area contributed by atoms with Gasteiger partial charge in [0, 0.05) is 27.3 Å². The maximum Gasteiger partial charge on any atom is 0.0479 e. The van der Waals surface area contributed by atoms with Gasteiger partial charge in [-0.15, -0.1) is 11.8 Å². The van der Waals surface area contributed by atoms with Crippen LogP contribution in [-0.4, -0.2) is 18.0 Å². The van der Waals surface area contributed by atoms with Crippen molar-refractivity contribution >= 4 is 27.7 Å². The maximum atomic E-state index is 5.46. The van der Waals surface area contributed by atoms with E-state index < -0.39 is 0 Å². The van der Waals surface area contributed by atoms with Gasteiger partial charge in [-0.3, -0.25) is 0 Å². The van der Waals surface area contributed by atoms with Gasteiger partial charge in [-0.1, -0.05) is 22.0 Å². The fraction of sp³-hybridized carbons (Fsp3) is 0.500. The standard InChI is InChI=1S/C12H13BrOS/c13-10-2-1-3-11-9(10)8-12(15-11)4-6-14-7-5-12/h1-3H,4-8H2. The summed E-state index contributed by atoms with van der Waals surface area (Å²) in [5.41, 5.74) is 1.50. The summed E-state index contributed by atoms with van der Waals surface area (Å²) in [5, 5.41) is 0. The molecule has 0 aliphatic carbocycles. The molecule has 0 saturated carbocycles. The SMILES string of the molecule is Brc1cccc2c1CC1(CCOCC1)S2. The third-order valence-electron chi connectivity index (χ3n) is 3.31. The molecule has 3 rings (SSSR count). The normalized spacial score (nSPS) is 23.0. The molecule has 0 N–H and O–H groups in total. The summed E-state index contributed by atoms with van der Waals surface area (Å²) in [5.74, 6) is 0. The van der Waals surface area contributed by atoms with Crippen LogP contribution in [0.25, 0.3) is 0 Å². The van der Waals surface area contributed by atoms with Crippen molar-refractivity contribution in [2.45, 2.75) is 28.9 Å². The highest BCUT2D eigenvalue weighted by atomic mass is 79.9. The Bertz CT molecular complexity index is 385. The van der Waals surface area contributed by atoms with Gasteiger partial charge in [0.05, 0.1) is 0 Å². The van der Waals surface area contributed by atoms with Crippen LogP contribution in [0.1, 0.15) is 18.4 Å². The first-order valence-electron chi connectivity index (χ1n) is 5.33. The van der Waals surface area contributed by atoms with Crippen molar-refractivity contribution in [1.29, 1.82) is 0 Å². The summed E-state index contributed by atoms with van der Waals surface area (Å²) in [6.45, 7) is 1.86. The van der Waals surface area contributed by atoms with Crippen molar-refractivity contribution in [1.82, 2.24) is 0 Å². The smallest absolute Gasteiger partial charge is 0.0479 e. The van der Waals surface area contributed by atoms with E-state index in [-0.39, 0.29) is 0 Å². The summed E-state index contributed by atoms with van der Waals surface area (Å²) in [4.78, 5) is 1.46. The number of hydrogen-bond donors (Lipinski definition) is 0. The Kier molecular flexibility index (Phi) is 2.57. The predicted octanol–water partition coefficient (Wildman–Crippen LogP) is 3.65. The van der Waals surface area contributed by atoms with Gasteiger partial charge >= 0.3 is 0 Å². The van der Waals surface area contributed by atoms with Gasteiger partial charge in [-0.25, -0.2) is 0 Å². The zero-order valence-corrected chi connectivity index (χ0v) is 10.9. The lowest BCUT2D eigenvalue weighted by Gasteiger charge is -2.32. The first-order chi connectivity index (χ1) is 7.29. The fourth-order valence-corrected chi connectivity index (χ4v) is 4.56. The van der Waals surface area contributed by atoms with E-state index in [1.54, 1.807) is 0 Å². The zero-order chi connectivity index (χ0) is 10.3. The molecular weight excluding hydrogens is 272 g/mol. The van der Waals surface area contributed by atoms with Gasteiger partial charge < -0.3 is 4.74 Å². The van der Waals surface area contributed by atoms with E-state index in [4.69, 9.17) is 4.74 Å². The third kappa shape index (κ3) is 1.75. The first-order valence-corrected chi connectivity index (χ1v) is 6.94. The van der Waals surface area contributed by atoms with Crippen LogP contribution >= 0.6 is 27.7 Å². The highest BCUT2D eigenvalue weighted by Gasteiger charge is 2.40. The van der Waals surface area contributed by atoms with Crippen LogP contribution in [0.15, 0.2) is 27.6 Å². The van der Waals surface area contributed by atoms with Crippen LogP contribution in [0.2, 0.25) is 0 Å². The topological polar surface area (TPSA) is 9.23 Å². The Labute approximate surface area is 103 Å². The molecule has 1 aromatic carbocycles. The second kappa shape index (κ2) is 3.79. The van der Waals surface area contributed by atoms with E-state index in [0.29, 0.717) is 4.75 Å². The molecule has 0 unspecified atom stereocenters. The molecule has 1 fully saturated rings. The molecule has 0 amide bonds. The van der Waals surface area contributed by atoms with E-state index in [2.05, 4.69) is 45.9 Å². The van der Waals surface area contributed by atoms with Gasteiger partial charge in [0.15, 0.2) is 0 Å². The minimum absolute atomic E-state index is 0.435. The van der Waals surface area contributed by atoms with Crippen LogP contribution in [0.3, 0.4) is 0 Å². The maximum absolute atomic E-state index is 5.46. The van der Waals surface area contributed by atoms with Gasteiger partial charge in [0.2, 0.25) is 0 Å². The first kappa shape index (κ1) is 10.2. The largest absolute Gasteiger partial charge is 0.381 e. The minimum atomic E-state index is 0.435. The lowest BCUT2D eigenvalue weighted by molar-refractivity contribution is 0.0782. The molecule has 2 aliphatic heterocycles. The van der Waals surface area contributed by atoms with Gasteiger partial charge in [-0.2, -0.15) is 0 Å². The average molecular weight is 285 g/mol. The van der Waals surface area contributed by atoms with Crippen molar-refractivity contribution in [3.05, 3.63) is 28.2 Å². The molecule has 2 aliphatic rings. The van der Waals surface area contributed by atoms with E-state index in [0.717, 1.165) is 13.2 Å². The molecule has 0 aromatic heterocycles. The summed E-state index contributed by atoms with van der Waals surface area (Å²) >= 11 is 5.72. The van der Waals surface area contributed by atoms with Crippen molar-refractivity contribution in [2.24, 2.45) is 0 Å². The Hall–Kier alpha value is 0.01000. The molecule has 3 heteroatoms. The number of hydrogen-bond acceptors (Lipinski definition) is 2. The molecule has 1 nitrogen and oxygen atoms in total. The second-order valence-electron chi connectivity index (χ2n) is 4.29. The average Bonchev–Trinajstić information content (AvgIpc) is 2.59. The Morgan fingerprint density at radius 3 is 2.80 bits per heavy atom. The van der Waals surface area contributed by atoms with E-state index in [1.807, 2.05) is 0 Å². The highest BCUT2D eigenvalue weighted by Crippen LogP contribution is 2.51.